The highest BCUT2D eigenvalue weighted by atomic mass is 16.5. The zero-order chi connectivity index (χ0) is 11.2. The number of rotatable bonds is 4. The lowest BCUT2D eigenvalue weighted by molar-refractivity contribution is 0.304. The zero-order valence-corrected chi connectivity index (χ0v) is 9.98. The predicted octanol–water partition coefficient (Wildman–Crippen LogP) is 3.30. The van der Waals surface area contributed by atoms with Crippen molar-refractivity contribution in [1.29, 1.82) is 0 Å². The number of nitrogens with zero attached hydrogens (tertiary/aromatic N) is 1. The van der Waals surface area contributed by atoms with E-state index in [0.29, 0.717) is 6.04 Å². The van der Waals surface area contributed by atoms with Crippen LogP contribution in [0.3, 0.4) is 0 Å². The number of piperidine rings is 1. The SMILES string of the molecule is CCCOc1ccccc1C1CCCC[N]1. The Morgan fingerprint density at radius 3 is 2.94 bits per heavy atom. The first-order chi connectivity index (χ1) is 7.92. The molecular weight excluding hydrogens is 198 g/mol. The van der Waals surface area contributed by atoms with Crippen LogP contribution in [0.25, 0.3) is 0 Å². The molecule has 0 amide bonds. The fourth-order valence-electron chi connectivity index (χ4n) is 2.14. The molecule has 0 spiro atoms. The van der Waals surface area contributed by atoms with Gasteiger partial charge < -0.3 is 4.74 Å². The zero-order valence-electron chi connectivity index (χ0n) is 9.98. The molecule has 16 heavy (non-hydrogen) atoms. The Bertz CT molecular complexity index is 318. The van der Waals surface area contributed by atoms with Crippen molar-refractivity contribution < 1.29 is 4.74 Å². The Morgan fingerprint density at radius 1 is 1.31 bits per heavy atom. The molecule has 0 aliphatic carbocycles. The Hall–Kier alpha value is -1.02. The highest BCUT2D eigenvalue weighted by Gasteiger charge is 2.19. The third-order valence-corrected chi connectivity index (χ3v) is 2.97. The maximum Gasteiger partial charge on any atom is 0.124 e. The number of ether oxygens (including phenoxy) is 1. The molecule has 1 aromatic carbocycles. The first-order valence-corrected chi connectivity index (χ1v) is 6.30. The van der Waals surface area contributed by atoms with Crippen LogP contribution >= 0.6 is 0 Å². The number of para-hydroxylation sites is 1. The quantitative estimate of drug-likeness (QED) is 0.760. The molecule has 0 bridgehead atoms. The lowest BCUT2D eigenvalue weighted by Crippen LogP contribution is -2.21. The van der Waals surface area contributed by atoms with Crippen molar-refractivity contribution in [2.75, 3.05) is 13.2 Å². The molecule has 0 N–H and O–H groups in total. The van der Waals surface area contributed by atoms with Crippen molar-refractivity contribution in [2.24, 2.45) is 0 Å². The topological polar surface area (TPSA) is 23.3 Å². The summed E-state index contributed by atoms with van der Waals surface area (Å²) in [4.78, 5) is 0. The first-order valence-electron chi connectivity index (χ1n) is 6.30. The number of benzene rings is 1. The Morgan fingerprint density at radius 2 is 2.19 bits per heavy atom. The van der Waals surface area contributed by atoms with E-state index in [4.69, 9.17) is 4.74 Å². The molecule has 1 aromatic rings. The average Bonchev–Trinajstić information content (AvgIpc) is 2.38. The standard InChI is InChI=1S/C14H20NO/c1-2-11-16-14-9-4-3-7-12(14)13-8-5-6-10-15-13/h3-4,7,9,13H,2,5-6,8,10-11H2,1H3. The predicted molar refractivity (Wildman–Crippen MR) is 65.8 cm³/mol. The van der Waals surface area contributed by atoms with Crippen molar-refractivity contribution in [3.63, 3.8) is 0 Å². The van der Waals surface area contributed by atoms with Crippen LogP contribution in [-0.2, 0) is 0 Å². The van der Waals surface area contributed by atoms with Crippen LogP contribution in [0, 0.1) is 0 Å². The van der Waals surface area contributed by atoms with Gasteiger partial charge in [0.1, 0.15) is 5.75 Å². The molecule has 2 rings (SSSR count). The molecule has 0 aromatic heterocycles. The molecule has 87 valence electrons. The third kappa shape index (κ3) is 2.76. The Kier molecular flexibility index (Phi) is 4.23. The second-order valence-corrected chi connectivity index (χ2v) is 4.30. The molecule has 1 atom stereocenters. The van der Waals surface area contributed by atoms with Gasteiger partial charge in [-0.25, -0.2) is 5.32 Å². The molecule has 2 nitrogen and oxygen atoms in total. The van der Waals surface area contributed by atoms with E-state index in [9.17, 15) is 0 Å². The van der Waals surface area contributed by atoms with Crippen LogP contribution in [0.5, 0.6) is 5.75 Å². The summed E-state index contributed by atoms with van der Waals surface area (Å²) >= 11 is 0. The van der Waals surface area contributed by atoms with Gasteiger partial charge in [0.05, 0.1) is 12.6 Å². The van der Waals surface area contributed by atoms with Gasteiger partial charge in [-0.1, -0.05) is 31.5 Å². The molecule has 1 fully saturated rings. The highest BCUT2D eigenvalue weighted by molar-refractivity contribution is 5.36. The van der Waals surface area contributed by atoms with Gasteiger partial charge in [0.25, 0.3) is 0 Å². The smallest absolute Gasteiger partial charge is 0.124 e. The van der Waals surface area contributed by atoms with Crippen molar-refractivity contribution in [3.8, 4) is 5.75 Å². The van der Waals surface area contributed by atoms with E-state index in [1.165, 1.54) is 24.8 Å². The van der Waals surface area contributed by atoms with Crippen molar-refractivity contribution in [1.82, 2.24) is 5.32 Å². The third-order valence-electron chi connectivity index (χ3n) is 2.97. The molecule has 1 heterocycles. The molecule has 0 saturated carbocycles. The van der Waals surface area contributed by atoms with Gasteiger partial charge >= 0.3 is 0 Å². The van der Waals surface area contributed by atoms with E-state index in [1.54, 1.807) is 0 Å². The fourth-order valence-corrected chi connectivity index (χ4v) is 2.14. The minimum atomic E-state index is 0.363. The lowest BCUT2D eigenvalue weighted by atomic mass is 9.97. The van der Waals surface area contributed by atoms with Gasteiger partial charge in [-0.15, -0.1) is 0 Å². The van der Waals surface area contributed by atoms with Crippen LogP contribution in [-0.4, -0.2) is 13.2 Å². The summed E-state index contributed by atoms with van der Waals surface area (Å²) in [7, 11) is 0. The fraction of sp³-hybridized carbons (Fsp3) is 0.571. The molecule has 1 aliphatic rings. The normalized spacial score (nSPS) is 20.7. The van der Waals surface area contributed by atoms with Crippen LogP contribution < -0.4 is 10.1 Å². The van der Waals surface area contributed by atoms with E-state index in [2.05, 4.69) is 30.4 Å². The Labute approximate surface area is 98.0 Å². The first kappa shape index (κ1) is 11.5. The van der Waals surface area contributed by atoms with Gasteiger partial charge in [-0.2, -0.15) is 0 Å². The van der Waals surface area contributed by atoms with Crippen LogP contribution in [0.2, 0.25) is 0 Å². The van der Waals surface area contributed by atoms with Gasteiger partial charge in [0.2, 0.25) is 0 Å². The van der Waals surface area contributed by atoms with E-state index in [-0.39, 0.29) is 0 Å². The monoisotopic (exact) mass is 218 g/mol. The van der Waals surface area contributed by atoms with Gasteiger partial charge in [0, 0.05) is 12.1 Å². The lowest BCUT2D eigenvalue weighted by Gasteiger charge is -2.24. The van der Waals surface area contributed by atoms with E-state index in [1.807, 2.05) is 6.07 Å². The van der Waals surface area contributed by atoms with Gasteiger partial charge in [-0.3, -0.25) is 0 Å². The van der Waals surface area contributed by atoms with Crippen LogP contribution in [0.15, 0.2) is 24.3 Å². The number of hydrogen-bond donors (Lipinski definition) is 0. The van der Waals surface area contributed by atoms with Gasteiger partial charge in [-0.05, 0) is 25.3 Å². The van der Waals surface area contributed by atoms with Crippen LogP contribution in [0.1, 0.15) is 44.2 Å². The molecule has 1 saturated heterocycles. The second kappa shape index (κ2) is 5.90. The minimum absolute atomic E-state index is 0.363. The summed E-state index contributed by atoms with van der Waals surface area (Å²) < 4.78 is 5.78. The van der Waals surface area contributed by atoms with E-state index < -0.39 is 0 Å². The van der Waals surface area contributed by atoms with Crippen LogP contribution in [0.4, 0.5) is 0 Å². The largest absolute Gasteiger partial charge is 0.493 e. The minimum Gasteiger partial charge on any atom is -0.493 e. The Balaban J connectivity index is 2.11. The molecule has 1 radical (unpaired) electrons. The summed E-state index contributed by atoms with van der Waals surface area (Å²) in [6.45, 7) is 3.93. The second-order valence-electron chi connectivity index (χ2n) is 4.30. The van der Waals surface area contributed by atoms with Gasteiger partial charge in [0.15, 0.2) is 0 Å². The van der Waals surface area contributed by atoms with Crippen molar-refractivity contribution >= 4 is 0 Å². The van der Waals surface area contributed by atoms with Crippen molar-refractivity contribution in [3.05, 3.63) is 29.8 Å². The molecule has 2 heteroatoms. The average molecular weight is 218 g/mol. The molecule has 1 unspecified atom stereocenters. The highest BCUT2D eigenvalue weighted by Crippen LogP contribution is 2.31. The summed E-state index contributed by atoms with van der Waals surface area (Å²) in [6, 6.07) is 8.71. The maximum absolute atomic E-state index is 5.78. The molecular formula is C14H20NO. The van der Waals surface area contributed by atoms with E-state index in [0.717, 1.165) is 25.3 Å². The van der Waals surface area contributed by atoms with Crippen molar-refractivity contribution in [2.45, 2.75) is 38.6 Å². The summed E-state index contributed by atoms with van der Waals surface area (Å²) in [6.07, 6.45) is 4.76. The van der Waals surface area contributed by atoms with E-state index >= 15 is 0 Å². The summed E-state index contributed by atoms with van der Waals surface area (Å²) in [5, 5.41) is 4.69. The maximum atomic E-state index is 5.78. The summed E-state index contributed by atoms with van der Waals surface area (Å²) in [5.74, 6) is 1.03. The number of hydrogen-bond acceptors (Lipinski definition) is 1. The summed E-state index contributed by atoms with van der Waals surface area (Å²) in [5.41, 5.74) is 1.27. The molecule has 1 aliphatic heterocycles.